The summed E-state index contributed by atoms with van der Waals surface area (Å²) in [7, 11) is 0. The molecule has 1 atom stereocenters. The van der Waals surface area contributed by atoms with E-state index in [4.69, 9.17) is 14.2 Å². The minimum absolute atomic E-state index is 0.0658. The summed E-state index contributed by atoms with van der Waals surface area (Å²) in [6.07, 6.45) is 82.6. The maximum Gasteiger partial charge on any atom is 0.306 e. The van der Waals surface area contributed by atoms with Crippen LogP contribution in [-0.4, -0.2) is 37.2 Å². The molecule has 0 aliphatic carbocycles. The monoisotopic (exact) mass is 1100 g/mol. The Labute approximate surface area is 487 Å². The number of rotatable bonds is 66. The lowest BCUT2D eigenvalue weighted by atomic mass is 10.0. The van der Waals surface area contributed by atoms with Gasteiger partial charge < -0.3 is 14.2 Å². The largest absolute Gasteiger partial charge is 0.462 e. The van der Waals surface area contributed by atoms with Crippen molar-refractivity contribution in [2.45, 2.75) is 406 Å². The van der Waals surface area contributed by atoms with Crippen LogP contribution < -0.4 is 0 Å². The van der Waals surface area contributed by atoms with Crippen molar-refractivity contribution in [2.75, 3.05) is 13.2 Å². The highest BCUT2D eigenvalue weighted by Gasteiger charge is 2.19. The Morgan fingerprint density at radius 3 is 0.641 bits per heavy atom. The number of allylic oxidation sites excluding steroid dienone is 4. The second-order valence-corrected chi connectivity index (χ2v) is 24.1. The fourth-order valence-electron chi connectivity index (χ4n) is 10.8. The van der Waals surface area contributed by atoms with Crippen LogP contribution in [0.25, 0.3) is 0 Å². The third-order valence-corrected chi connectivity index (χ3v) is 16.2. The van der Waals surface area contributed by atoms with Crippen LogP contribution >= 0.6 is 0 Å². The van der Waals surface area contributed by atoms with Gasteiger partial charge in [-0.25, -0.2) is 0 Å². The van der Waals surface area contributed by atoms with Gasteiger partial charge >= 0.3 is 17.9 Å². The highest BCUT2D eigenvalue weighted by atomic mass is 16.6. The fraction of sp³-hybridized carbons (Fsp3) is 0.903. The van der Waals surface area contributed by atoms with E-state index in [-0.39, 0.29) is 31.1 Å². The van der Waals surface area contributed by atoms with Crippen LogP contribution in [0.15, 0.2) is 24.3 Å². The smallest absolute Gasteiger partial charge is 0.306 e. The Morgan fingerprint density at radius 2 is 0.423 bits per heavy atom. The van der Waals surface area contributed by atoms with Gasteiger partial charge in [-0.05, 0) is 70.6 Å². The minimum atomic E-state index is -0.766. The van der Waals surface area contributed by atoms with Crippen LogP contribution in [0.5, 0.6) is 0 Å². The Hall–Kier alpha value is -2.11. The molecule has 0 saturated heterocycles. The van der Waals surface area contributed by atoms with E-state index in [9.17, 15) is 14.4 Å². The number of unbranched alkanes of at least 4 members (excludes halogenated alkanes) is 51. The molecule has 6 nitrogen and oxygen atoms in total. The van der Waals surface area contributed by atoms with Crippen LogP contribution in [0.1, 0.15) is 400 Å². The van der Waals surface area contributed by atoms with Crippen molar-refractivity contribution in [3.8, 4) is 0 Å². The SMILES string of the molecule is CCCCCCCCCC/C=C\CCCCCCCCCCCCCCCCCCCC(=O)OCC(COC(=O)CCCCCCCC)OC(=O)CCCCCCCCCCCCCCC/C=C\CCCCCCCCCC. The van der Waals surface area contributed by atoms with Crippen molar-refractivity contribution in [3.05, 3.63) is 24.3 Å². The quantitative estimate of drug-likeness (QED) is 0.0261. The molecular formula is C72H136O6. The molecule has 460 valence electrons. The Bertz CT molecular complexity index is 1260. The van der Waals surface area contributed by atoms with E-state index in [0.717, 1.165) is 57.8 Å². The zero-order valence-corrected chi connectivity index (χ0v) is 53.0. The van der Waals surface area contributed by atoms with Gasteiger partial charge in [0, 0.05) is 19.3 Å². The van der Waals surface area contributed by atoms with Crippen molar-refractivity contribution >= 4 is 17.9 Å². The molecule has 0 aliphatic heterocycles. The molecule has 0 spiro atoms. The van der Waals surface area contributed by atoms with Crippen LogP contribution in [-0.2, 0) is 28.6 Å². The van der Waals surface area contributed by atoms with Gasteiger partial charge in [-0.15, -0.1) is 0 Å². The van der Waals surface area contributed by atoms with Crippen LogP contribution in [0.3, 0.4) is 0 Å². The van der Waals surface area contributed by atoms with Crippen molar-refractivity contribution < 1.29 is 28.6 Å². The number of ether oxygens (including phenoxy) is 3. The maximum absolute atomic E-state index is 12.9. The molecule has 1 unspecified atom stereocenters. The van der Waals surface area contributed by atoms with E-state index in [0.29, 0.717) is 19.3 Å². The van der Waals surface area contributed by atoms with E-state index < -0.39 is 6.10 Å². The summed E-state index contributed by atoms with van der Waals surface area (Å²) in [5, 5.41) is 0. The molecule has 0 amide bonds. The fourth-order valence-corrected chi connectivity index (χ4v) is 10.8. The van der Waals surface area contributed by atoms with Gasteiger partial charge in [0.25, 0.3) is 0 Å². The number of hydrogen-bond donors (Lipinski definition) is 0. The first-order valence-electron chi connectivity index (χ1n) is 35.3. The maximum atomic E-state index is 12.9. The van der Waals surface area contributed by atoms with E-state index >= 15 is 0 Å². The second kappa shape index (κ2) is 67.4. The summed E-state index contributed by atoms with van der Waals surface area (Å²) < 4.78 is 16.9. The molecule has 0 saturated carbocycles. The normalized spacial score (nSPS) is 12.1. The lowest BCUT2D eigenvalue weighted by molar-refractivity contribution is -0.167. The molecule has 0 heterocycles. The van der Waals surface area contributed by atoms with Gasteiger partial charge in [-0.1, -0.05) is 334 Å². The van der Waals surface area contributed by atoms with Gasteiger partial charge in [0.1, 0.15) is 13.2 Å². The number of esters is 3. The predicted molar refractivity (Wildman–Crippen MR) is 340 cm³/mol. The minimum Gasteiger partial charge on any atom is -0.462 e. The van der Waals surface area contributed by atoms with Crippen molar-refractivity contribution in [2.24, 2.45) is 0 Å². The van der Waals surface area contributed by atoms with E-state index in [1.807, 2.05) is 0 Å². The lowest BCUT2D eigenvalue weighted by Gasteiger charge is -2.18. The summed E-state index contributed by atoms with van der Waals surface area (Å²) in [6.45, 7) is 6.65. The second-order valence-electron chi connectivity index (χ2n) is 24.1. The first-order valence-corrected chi connectivity index (χ1v) is 35.3. The third-order valence-electron chi connectivity index (χ3n) is 16.2. The predicted octanol–water partition coefficient (Wildman–Crippen LogP) is 24.2. The van der Waals surface area contributed by atoms with Crippen molar-refractivity contribution in [1.82, 2.24) is 0 Å². The van der Waals surface area contributed by atoms with Crippen LogP contribution in [0.4, 0.5) is 0 Å². The standard InChI is InChI=1S/C72H136O6/c1-4-7-10-13-16-18-20-22-24-26-28-30-32-34-35-36-37-39-40-42-44-46-48-50-52-54-56-59-62-65-71(74)77-68-69(67-76-70(73)64-61-58-15-12-9-6-3)78-72(75)66-63-60-57-55-53-51-49-47-45-43-41-38-33-31-29-27-25-23-21-19-17-14-11-8-5-2/h26-29,69H,4-25,30-68H2,1-3H3/b28-26-,29-27-. The van der Waals surface area contributed by atoms with Crippen molar-refractivity contribution in [1.29, 1.82) is 0 Å². The number of carbonyl (C=O) groups is 3. The summed E-state index contributed by atoms with van der Waals surface area (Å²) >= 11 is 0. The molecular weight excluding hydrogens is 961 g/mol. The molecule has 78 heavy (non-hydrogen) atoms. The Kier molecular flexibility index (Phi) is 65.6. The van der Waals surface area contributed by atoms with Gasteiger partial charge in [0.05, 0.1) is 0 Å². The summed E-state index contributed by atoms with van der Waals surface area (Å²) in [5.41, 5.74) is 0. The summed E-state index contributed by atoms with van der Waals surface area (Å²) in [4.78, 5) is 38.1. The van der Waals surface area contributed by atoms with Crippen LogP contribution in [0, 0.1) is 0 Å². The highest BCUT2D eigenvalue weighted by Crippen LogP contribution is 2.18. The topological polar surface area (TPSA) is 78.9 Å². The molecule has 0 fully saturated rings. The molecule has 6 heteroatoms. The Morgan fingerprint density at radius 1 is 0.244 bits per heavy atom. The van der Waals surface area contributed by atoms with Crippen molar-refractivity contribution in [3.63, 3.8) is 0 Å². The number of carbonyl (C=O) groups excluding carboxylic acids is 3. The molecule has 0 aromatic carbocycles. The van der Waals surface area contributed by atoms with Gasteiger partial charge in [-0.2, -0.15) is 0 Å². The van der Waals surface area contributed by atoms with Crippen LogP contribution in [0.2, 0.25) is 0 Å². The first kappa shape index (κ1) is 75.9. The average Bonchev–Trinajstić information content (AvgIpc) is 3.44. The molecule has 0 rings (SSSR count). The Balaban J connectivity index is 3.97. The molecule has 0 aliphatic rings. The molecule has 0 radical (unpaired) electrons. The molecule has 0 aromatic heterocycles. The third kappa shape index (κ3) is 64.7. The van der Waals surface area contributed by atoms with E-state index in [2.05, 4.69) is 45.1 Å². The number of hydrogen-bond acceptors (Lipinski definition) is 6. The van der Waals surface area contributed by atoms with Gasteiger partial charge in [-0.3, -0.25) is 14.4 Å². The van der Waals surface area contributed by atoms with E-state index in [1.54, 1.807) is 0 Å². The zero-order valence-electron chi connectivity index (χ0n) is 53.0. The lowest BCUT2D eigenvalue weighted by Crippen LogP contribution is -2.30. The highest BCUT2D eigenvalue weighted by molar-refractivity contribution is 5.71. The van der Waals surface area contributed by atoms with Gasteiger partial charge in [0.2, 0.25) is 0 Å². The van der Waals surface area contributed by atoms with E-state index in [1.165, 1.54) is 302 Å². The molecule has 0 N–H and O–H groups in total. The average molecular weight is 1100 g/mol. The summed E-state index contributed by atoms with van der Waals surface area (Å²) in [5.74, 6) is -0.848. The zero-order chi connectivity index (χ0) is 56.4. The molecule has 0 bridgehead atoms. The first-order chi connectivity index (χ1) is 38.5. The molecule has 0 aromatic rings. The summed E-state index contributed by atoms with van der Waals surface area (Å²) in [6, 6.07) is 0. The van der Waals surface area contributed by atoms with Gasteiger partial charge in [0.15, 0.2) is 6.10 Å².